The maximum atomic E-state index is 6.84. The molecule has 11 aromatic rings. The van der Waals surface area contributed by atoms with E-state index >= 15 is 0 Å². The van der Waals surface area contributed by atoms with Crippen molar-refractivity contribution in [1.82, 2.24) is 15.0 Å². The summed E-state index contributed by atoms with van der Waals surface area (Å²) in [5.41, 5.74) is 11.2. The minimum absolute atomic E-state index is 0.562. The van der Waals surface area contributed by atoms with Gasteiger partial charge in [0.1, 0.15) is 11.2 Å². The van der Waals surface area contributed by atoms with Gasteiger partial charge in [0, 0.05) is 42.1 Å². The fourth-order valence-electron chi connectivity index (χ4n) is 7.87. The maximum Gasteiger partial charge on any atom is 0.167 e. The van der Waals surface area contributed by atoms with Crippen molar-refractivity contribution < 1.29 is 4.42 Å². The Kier molecular flexibility index (Phi) is 7.64. The summed E-state index contributed by atoms with van der Waals surface area (Å²) in [7, 11) is 0. The molecule has 0 atom stereocenters. The van der Waals surface area contributed by atoms with E-state index in [0.717, 1.165) is 55.3 Å². The normalized spacial score (nSPS) is 11.6. The van der Waals surface area contributed by atoms with Crippen molar-refractivity contribution in [1.29, 1.82) is 0 Å². The molecule has 0 aliphatic rings. The van der Waals surface area contributed by atoms with E-state index in [0.29, 0.717) is 17.5 Å². The third kappa shape index (κ3) is 5.48. The summed E-state index contributed by atoms with van der Waals surface area (Å²) in [5, 5.41) is 4.60. The van der Waals surface area contributed by atoms with Gasteiger partial charge in [0.25, 0.3) is 0 Å². The van der Waals surface area contributed by atoms with Crippen LogP contribution in [0.15, 0.2) is 192 Å². The van der Waals surface area contributed by atoms with E-state index in [1.54, 1.807) is 0 Å². The van der Waals surface area contributed by atoms with Crippen molar-refractivity contribution in [3.05, 3.63) is 188 Å². The molecule has 8 aromatic carbocycles. The van der Waals surface area contributed by atoms with Gasteiger partial charge in [-0.15, -0.1) is 11.3 Å². The van der Waals surface area contributed by atoms with Crippen LogP contribution in [0.1, 0.15) is 0 Å². The van der Waals surface area contributed by atoms with Crippen LogP contribution in [0.5, 0.6) is 0 Å². The number of aromatic nitrogens is 3. The minimum Gasteiger partial charge on any atom is -0.455 e. The number of hydrogen-bond donors (Lipinski definition) is 0. The van der Waals surface area contributed by atoms with Gasteiger partial charge in [-0.25, -0.2) is 15.0 Å². The molecular formula is C51H31N3OS. The molecule has 0 saturated heterocycles. The number of fused-ring (bicyclic) bond motifs is 6. The molecule has 3 heterocycles. The average Bonchev–Trinajstić information content (AvgIpc) is 3.86. The Morgan fingerprint density at radius 1 is 0.357 bits per heavy atom. The van der Waals surface area contributed by atoms with Crippen LogP contribution in [-0.2, 0) is 0 Å². The van der Waals surface area contributed by atoms with E-state index < -0.39 is 0 Å². The van der Waals surface area contributed by atoms with Gasteiger partial charge >= 0.3 is 0 Å². The first kappa shape index (κ1) is 32.2. The zero-order valence-electron chi connectivity index (χ0n) is 30.1. The average molecular weight is 734 g/mol. The first-order valence-corrected chi connectivity index (χ1v) is 19.5. The summed E-state index contributed by atoms with van der Waals surface area (Å²) in [4.78, 5) is 15.2. The van der Waals surface area contributed by atoms with Crippen LogP contribution in [-0.4, -0.2) is 15.0 Å². The number of thiophene rings is 1. The molecule has 0 fully saturated rings. The molecule has 0 radical (unpaired) electrons. The standard InChI is InChI=1S/C51H31N3OS/c1-4-14-32(15-5-1)35-20-12-21-37(30-35)50-52-49(34-18-8-3-9-19-34)53-51(54-50)43-24-13-23-41-40-27-26-36(31-44(40)55-47(41)43)38-28-29-39(33-16-6-2-7-17-33)48-46(38)42-22-10-11-25-45(42)56-48/h1-31H. The SMILES string of the molecule is c1ccc(-c2cccc(-c3nc(-c4ccccc4)nc(-c4cccc5c4oc4cc(-c6ccc(-c7ccccc7)c7sc8ccccc8c67)ccc45)n3)c2)cc1. The van der Waals surface area contributed by atoms with E-state index in [2.05, 4.69) is 146 Å². The molecule has 0 saturated carbocycles. The van der Waals surface area contributed by atoms with Gasteiger partial charge in [0.05, 0.1) is 5.56 Å². The van der Waals surface area contributed by atoms with Gasteiger partial charge in [-0.2, -0.15) is 0 Å². The molecule has 0 aliphatic heterocycles. The molecule has 0 spiro atoms. The van der Waals surface area contributed by atoms with E-state index in [1.807, 2.05) is 53.8 Å². The van der Waals surface area contributed by atoms with Crippen molar-refractivity contribution >= 4 is 53.4 Å². The first-order chi connectivity index (χ1) is 27.7. The Bertz CT molecular complexity index is 3240. The van der Waals surface area contributed by atoms with Gasteiger partial charge in [-0.3, -0.25) is 0 Å². The molecule has 5 heteroatoms. The summed E-state index contributed by atoms with van der Waals surface area (Å²) in [6.07, 6.45) is 0. The summed E-state index contributed by atoms with van der Waals surface area (Å²) in [5.74, 6) is 1.77. The van der Waals surface area contributed by atoms with Crippen LogP contribution < -0.4 is 0 Å². The molecule has 0 amide bonds. The third-order valence-corrected chi connectivity index (χ3v) is 11.8. The molecule has 56 heavy (non-hydrogen) atoms. The summed E-state index contributed by atoms with van der Waals surface area (Å²) < 4.78 is 9.41. The topological polar surface area (TPSA) is 51.8 Å². The molecule has 0 aliphatic carbocycles. The lowest BCUT2D eigenvalue weighted by Gasteiger charge is -2.10. The van der Waals surface area contributed by atoms with Crippen LogP contribution in [0.2, 0.25) is 0 Å². The lowest BCUT2D eigenvalue weighted by molar-refractivity contribution is 0.669. The highest BCUT2D eigenvalue weighted by Gasteiger charge is 2.20. The lowest BCUT2D eigenvalue weighted by Crippen LogP contribution is -2.00. The second-order valence-electron chi connectivity index (χ2n) is 13.9. The number of hydrogen-bond acceptors (Lipinski definition) is 5. The van der Waals surface area contributed by atoms with Crippen molar-refractivity contribution in [2.45, 2.75) is 0 Å². The van der Waals surface area contributed by atoms with Crippen LogP contribution in [0, 0.1) is 0 Å². The van der Waals surface area contributed by atoms with E-state index in [-0.39, 0.29) is 0 Å². The molecule has 3 aromatic heterocycles. The van der Waals surface area contributed by atoms with Crippen LogP contribution in [0.25, 0.3) is 110 Å². The number of para-hydroxylation sites is 1. The fourth-order valence-corrected chi connectivity index (χ4v) is 9.13. The van der Waals surface area contributed by atoms with E-state index in [4.69, 9.17) is 19.4 Å². The zero-order valence-corrected chi connectivity index (χ0v) is 30.9. The predicted molar refractivity (Wildman–Crippen MR) is 233 cm³/mol. The van der Waals surface area contributed by atoms with Crippen molar-refractivity contribution in [2.75, 3.05) is 0 Å². The predicted octanol–water partition coefficient (Wildman–Crippen LogP) is 14.1. The van der Waals surface area contributed by atoms with Gasteiger partial charge in [0.2, 0.25) is 0 Å². The second-order valence-corrected chi connectivity index (χ2v) is 15.0. The Morgan fingerprint density at radius 3 is 1.77 bits per heavy atom. The first-order valence-electron chi connectivity index (χ1n) is 18.7. The second kappa shape index (κ2) is 13.3. The van der Waals surface area contributed by atoms with Gasteiger partial charge in [-0.1, -0.05) is 158 Å². The zero-order chi connectivity index (χ0) is 37.0. The lowest BCUT2D eigenvalue weighted by atomic mass is 9.94. The largest absolute Gasteiger partial charge is 0.455 e. The quantitative estimate of drug-likeness (QED) is 0.171. The van der Waals surface area contributed by atoms with Gasteiger partial charge in [-0.05, 0) is 63.7 Å². The highest BCUT2D eigenvalue weighted by molar-refractivity contribution is 7.26. The fraction of sp³-hybridized carbons (Fsp3) is 0. The molecule has 0 unspecified atom stereocenters. The summed E-state index contributed by atoms with van der Waals surface area (Å²) >= 11 is 1.85. The number of furan rings is 1. The minimum atomic E-state index is 0.562. The van der Waals surface area contributed by atoms with Crippen LogP contribution >= 0.6 is 11.3 Å². The number of benzene rings is 8. The third-order valence-electron chi connectivity index (χ3n) is 10.6. The maximum absolute atomic E-state index is 6.84. The van der Waals surface area contributed by atoms with Gasteiger partial charge in [0.15, 0.2) is 17.5 Å². The monoisotopic (exact) mass is 733 g/mol. The Labute approximate surface area is 327 Å². The Morgan fingerprint density at radius 2 is 0.964 bits per heavy atom. The number of nitrogens with zero attached hydrogens (tertiary/aromatic N) is 3. The molecule has 11 rings (SSSR count). The van der Waals surface area contributed by atoms with Crippen LogP contribution in [0.3, 0.4) is 0 Å². The van der Waals surface area contributed by atoms with Gasteiger partial charge < -0.3 is 4.42 Å². The summed E-state index contributed by atoms with van der Waals surface area (Å²) in [6, 6.07) is 65.6. The van der Waals surface area contributed by atoms with Crippen LogP contribution in [0.4, 0.5) is 0 Å². The van der Waals surface area contributed by atoms with Crippen molar-refractivity contribution in [3.63, 3.8) is 0 Å². The molecule has 0 bridgehead atoms. The Hall–Kier alpha value is -7.21. The summed E-state index contributed by atoms with van der Waals surface area (Å²) in [6.45, 7) is 0. The molecule has 0 N–H and O–H groups in total. The highest BCUT2D eigenvalue weighted by Crippen LogP contribution is 2.46. The Balaban J connectivity index is 1.08. The molecule has 262 valence electrons. The van der Waals surface area contributed by atoms with Crippen molar-refractivity contribution in [3.8, 4) is 67.5 Å². The molecular weight excluding hydrogens is 703 g/mol. The molecule has 4 nitrogen and oxygen atoms in total. The van der Waals surface area contributed by atoms with E-state index in [1.165, 1.54) is 36.9 Å². The smallest absolute Gasteiger partial charge is 0.167 e. The van der Waals surface area contributed by atoms with E-state index in [9.17, 15) is 0 Å². The number of rotatable bonds is 6. The highest BCUT2D eigenvalue weighted by atomic mass is 32.1. The van der Waals surface area contributed by atoms with Crippen molar-refractivity contribution in [2.24, 2.45) is 0 Å².